The van der Waals surface area contributed by atoms with Gasteiger partial charge in [-0.3, -0.25) is 5.73 Å². The summed E-state index contributed by atoms with van der Waals surface area (Å²) < 4.78 is 0. The van der Waals surface area contributed by atoms with Crippen molar-refractivity contribution in [2.45, 2.75) is 6.54 Å². The van der Waals surface area contributed by atoms with Crippen LogP contribution in [0.1, 0.15) is 5.56 Å². The van der Waals surface area contributed by atoms with Crippen LogP contribution < -0.4 is 5.73 Å². The van der Waals surface area contributed by atoms with Crippen molar-refractivity contribution in [3.63, 3.8) is 0 Å². The fourth-order valence-electron chi connectivity index (χ4n) is 0.685. The van der Waals surface area contributed by atoms with Crippen LogP contribution in [0.4, 0.5) is 0 Å². The van der Waals surface area contributed by atoms with Gasteiger partial charge in [0.15, 0.2) is 0 Å². The standard InChI is InChI=1S/C7H6Cl2N/c8-6-3-1-2-5(4-10)7(6)9/h1-3,10H,4H2. The van der Waals surface area contributed by atoms with Crippen molar-refractivity contribution < 1.29 is 0 Å². The molecule has 0 aliphatic heterocycles. The molecule has 0 spiro atoms. The van der Waals surface area contributed by atoms with E-state index in [0.29, 0.717) is 10.0 Å². The van der Waals surface area contributed by atoms with Crippen molar-refractivity contribution in [2.75, 3.05) is 0 Å². The van der Waals surface area contributed by atoms with Crippen molar-refractivity contribution in [3.05, 3.63) is 33.8 Å². The minimum Gasteiger partial charge on any atom is -0.253 e. The van der Waals surface area contributed by atoms with E-state index in [1.807, 2.05) is 0 Å². The van der Waals surface area contributed by atoms with Gasteiger partial charge < -0.3 is 0 Å². The molecule has 0 aliphatic rings. The van der Waals surface area contributed by atoms with Crippen molar-refractivity contribution in [3.8, 4) is 0 Å². The second kappa shape index (κ2) is 3.24. The lowest BCUT2D eigenvalue weighted by Crippen LogP contribution is -1.85. The molecule has 0 aromatic heterocycles. The number of halogens is 2. The fourth-order valence-corrected chi connectivity index (χ4v) is 1.07. The van der Waals surface area contributed by atoms with E-state index in [2.05, 4.69) is 0 Å². The van der Waals surface area contributed by atoms with E-state index < -0.39 is 0 Å². The van der Waals surface area contributed by atoms with Gasteiger partial charge in [-0.25, -0.2) is 0 Å². The maximum Gasteiger partial charge on any atom is 0.0637 e. The van der Waals surface area contributed by atoms with Crippen LogP contribution in [0.2, 0.25) is 10.0 Å². The van der Waals surface area contributed by atoms with Gasteiger partial charge >= 0.3 is 0 Å². The van der Waals surface area contributed by atoms with Gasteiger partial charge in [-0.1, -0.05) is 35.3 Å². The molecule has 1 nitrogen and oxygen atoms in total. The third kappa shape index (κ3) is 1.43. The molecule has 1 aromatic carbocycles. The van der Waals surface area contributed by atoms with Gasteiger partial charge in [0.05, 0.1) is 10.0 Å². The first-order chi connectivity index (χ1) is 4.75. The molecule has 1 rings (SSSR count). The summed E-state index contributed by atoms with van der Waals surface area (Å²) in [5.74, 6) is 0. The van der Waals surface area contributed by atoms with E-state index in [9.17, 15) is 0 Å². The van der Waals surface area contributed by atoms with Crippen LogP contribution in [0.25, 0.3) is 0 Å². The molecule has 0 saturated heterocycles. The molecule has 1 radical (unpaired) electrons. The van der Waals surface area contributed by atoms with Gasteiger partial charge in [-0.05, 0) is 11.6 Å². The lowest BCUT2D eigenvalue weighted by Gasteiger charge is -1.99. The molecule has 0 fully saturated rings. The largest absolute Gasteiger partial charge is 0.253 e. The van der Waals surface area contributed by atoms with Gasteiger partial charge in [-0.2, -0.15) is 0 Å². The quantitative estimate of drug-likeness (QED) is 0.626. The maximum absolute atomic E-state index is 7.04. The molecule has 0 aliphatic carbocycles. The van der Waals surface area contributed by atoms with Gasteiger partial charge in [0.2, 0.25) is 0 Å². The minimum absolute atomic E-state index is 0.180. The van der Waals surface area contributed by atoms with Crippen LogP contribution in [0.15, 0.2) is 18.2 Å². The van der Waals surface area contributed by atoms with Crippen LogP contribution in [0, 0.1) is 0 Å². The van der Waals surface area contributed by atoms with Crippen molar-refractivity contribution in [2.24, 2.45) is 0 Å². The van der Waals surface area contributed by atoms with E-state index in [0.717, 1.165) is 5.56 Å². The highest BCUT2D eigenvalue weighted by molar-refractivity contribution is 6.42. The van der Waals surface area contributed by atoms with Crippen molar-refractivity contribution >= 4 is 23.2 Å². The number of benzene rings is 1. The summed E-state index contributed by atoms with van der Waals surface area (Å²) in [5.41, 5.74) is 7.81. The van der Waals surface area contributed by atoms with Crippen LogP contribution in [-0.2, 0) is 6.54 Å². The SMILES string of the molecule is [NH]Cc1cccc(Cl)c1Cl. The van der Waals surface area contributed by atoms with Gasteiger partial charge in [0.1, 0.15) is 0 Å². The molecule has 3 heteroatoms. The molecule has 0 saturated carbocycles. The zero-order chi connectivity index (χ0) is 7.56. The third-order valence-electron chi connectivity index (χ3n) is 1.22. The topological polar surface area (TPSA) is 23.8 Å². The summed E-state index contributed by atoms with van der Waals surface area (Å²) >= 11 is 11.4. The zero-order valence-corrected chi connectivity index (χ0v) is 6.71. The predicted molar refractivity (Wildman–Crippen MR) is 43.3 cm³/mol. The molecule has 0 bridgehead atoms. The number of hydrogen-bond donors (Lipinski definition) is 0. The molecule has 0 heterocycles. The van der Waals surface area contributed by atoms with Crippen molar-refractivity contribution in [1.29, 1.82) is 0 Å². The van der Waals surface area contributed by atoms with E-state index in [-0.39, 0.29) is 6.54 Å². The zero-order valence-electron chi connectivity index (χ0n) is 5.20. The summed E-state index contributed by atoms with van der Waals surface area (Å²) in [6.45, 7) is 0.180. The molecule has 0 atom stereocenters. The monoisotopic (exact) mass is 174 g/mol. The molecule has 53 valence electrons. The second-order valence-electron chi connectivity index (χ2n) is 1.89. The summed E-state index contributed by atoms with van der Waals surface area (Å²) in [5, 5.41) is 1.02. The van der Waals surface area contributed by atoms with Crippen LogP contribution in [0.5, 0.6) is 0 Å². The summed E-state index contributed by atoms with van der Waals surface area (Å²) in [7, 11) is 0. The molecule has 0 unspecified atom stereocenters. The average molecular weight is 175 g/mol. The van der Waals surface area contributed by atoms with E-state index in [1.54, 1.807) is 18.2 Å². The van der Waals surface area contributed by atoms with Crippen LogP contribution >= 0.6 is 23.2 Å². The summed E-state index contributed by atoms with van der Waals surface area (Å²) in [6, 6.07) is 5.29. The highest BCUT2D eigenvalue weighted by atomic mass is 35.5. The molecular weight excluding hydrogens is 169 g/mol. The Bertz CT molecular complexity index is 235. The number of hydrogen-bond acceptors (Lipinski definition) is 0. The first kappa shape index (κ1) is 7.86. The Morgan fingerprint density at radius 1 is 1.30 bits per heavy atom. The summed E-state index contributed by atoms with van der Waals surface area (Å²) in [6.07, 6.45) is 0. The van der Waals surface area contributed by atoms with Crippen molar-refractivity contribution in [1.82, 2.24) is 5.73 Å². The maximum atomic E-state index is 7.04. The van der Waals surface area contributed by atoms with E-state index >= 15 is 0 Å². The summed E-state index contributed by atoms with van der Waals surface area (Å²) in [4.78, 5) is 0. The molecular formula is C7H6Cl2N. The predicted octanol–water partition coefficient (Wildman–Crippen LogP) is 2.78. The highest BCUT2D eigenvalue weighted by Crippen LogP contribution is 2.24. The Morgan fingerprint density at radius 2 is 2.00 bits per heavy atom. The third-order valence-corrected chi connectivity index (χ3v) is 2.08. The molecule has 1 N–H and O–H groups in total. The van der Waals surface area contributed by atoms with Gasteiger partial charge in [-0.15, -0.1) is 0 Å². The normalized spacial score (nSPS) is 9.90. The van der Waals surface area contributed by atoms with E-state index in [4.69, 9.17) is 28.9 Å². The Morgan fingerprint density at radius 3 is 2.50 bits per heavy atom. The fraction of sp³-hybridized carbons (Fsp3) is 0.143. The number of nitrogens with one attached hydrogen (secondary N) is 1. The van der Waals surface area contributed by atoms with E-state index in [1.165, 1.54) is 0 Å². The molecule has 1 aromatic rings. The van der Waals surface area contributed by atoms with Crippen LogP contribution in [0.3, 0.4) is 0 Å². The Balaban J connectivity index is 3.14. The van der Waals surface area contributed by atoms with Gasteiger partial charge in [0, 0.05) is 6.54 Å². The Hall–Kier alpha value is -0.240. The second-order valence-corrected chi connectivity index (χ2v) is 2.67. The highest BCUT2D eigenvalue weighted by Gasteiger charge is 2.00. The minimum atomic E-state index is 0.180. The number of rotatable bonds is 1. The average Bonchev–Trinajstić information content (AvgIpc) is 1.95. The Labute approximate surface area is 69.7 Å². The lowest BCUT2D eigenvalue weighted by atomic mass is 10.2. The van der Waals surface area contributed by atoms with Crippen LogP contribution in [-0.4, -0.2) is 0 Å². The first-order valence-corrected chi connectivity index (χ1v) is 3.59. The molecule has 10 heavy (non-hydrogen) atoms. The lowest BCUT2D eigenvalue weighted by molar-refractivity contribution is 1.03. The first-order valence-electron chi connectivity index (χ1n) is 2.83. The molecule has 0 amide bonds. The van der Waals surface area contributed by atoms with Gasteiger partial charge in [0.25, 0.3) is 0 Å². The smallest absolute Gasteiger partial charge is 0.0637 e. The Kier molecular flexibility index (Phi) is 2.55.